The van der Waals surface area contributed by atoms with E-state index in [0.29, 0.717) is 29.2 Å². The summed E-state index contributed by atoms with van der Waals surface area (Å²) in [6.45, 7) is 9.85. The van der Waals surface area contributed by atoms with Crippen LogP contribution in [0.3, 0.4) is 0 Å². The number of nitrogens with two attached hydrogens (primary N) is 2. The van der Waals surface area contributed by atoms with Gasteiger partial charge in [-0.1, -0.05) is 45.0 Å². The molecule has 8 heteroatoms. The minimum atomic E-state index is -0.552. The SMILES string of the molecule is CC(C(=O)NC(=O)C=C(N)CC(C)(C)C)c1ccc(-c2nn(C3(C)CC3)c(N)c2C#N)cc1. The fourth-order valence-electron chi connectivity index (χ4n) is 3.73. The molecule has 1 heterocycles. The summed E-state index contributed by atoms with van der Waals surface area (Å²) >= 11 is 0. The normalized spacial score (nSPS) is 16.1. The van der Waals surface area contributed by atoms with Gasteiger partial charge in [-0.25, -0.2) is 4.68 Å². The molecular formula is C25H32N6O2. The molecule has 2 aromatic rings. The largest absolute Gasteiger partial charge is 0.402 e. The zero-order valence-corrected chi connectivity index (χ0v) is 19.9. The Morgan fingerprint density at radius 1 is 1.30 bits per heavy atom. The molecule has 1 saturated carbocycles. The van der Waals surface area contributed by atoms with E-state index in [1.165, 1.54) is 6.08 Å². The highest BCUT2D eigenvalue weighted by Gasteiger charge is 2.42. The van der Waals surface area contributed by atoms with Gasteiger partial charge in [-0.05, 0) is 44.1 Å². The van der Waals surface area contributed by atoms with Crippen LogP contribution in [0.15, 0.2) is 36.0 Å². The quantitative estimate of drug-likeness (QED) is 0.578. The Morgan fingerprint density at radius 3 is 2.42 bits per heavy atom. The number of nitrogens with one attached hydrogen (secondary N) is 1. The highest BCUT2D eigenvalue weighted by Crippen LogP contribution is 2.45. The van der Waals surface area contributed by atoms with Gasteiger partial charge in [-0.15, -0.1) is 0 Å². The van der Waals surface area contributed by atoms with Crippen LogP contribution in [0.4, 0.5) is 5.82 Å². The standard InChI is InChI=1S/C25H32N6O2/c1-15(23(33)29-20(32)12-18(27)13-24(2,3)4)16-6-8-17(9-7-16)21-19(14-26)22(28)31(30-21)25(5)10-11-25/h6-9,12,15H,10-11,13,27-28H2,1-5H3,(H,29,32,33). The number of nitrogen functional groups attached to an aromatic ring is 1. The van der Waals surface area contributed by atoms with Crippen molar-refractivity contribution in [2.45, 2.75) is 65.3 Å². The summed E-state index contributed by atoms with van der Waals surface area (Å²) in [4.78, 5) is 24.7. The van der Waals surface area contributed by atoms with Gasteiger partial charge in [0.1, 0.15) is 23.1 Å². The lowest BCUT2D eigenvalue weighted by Gasteiger charge is -2.18. The Bertz CT molecular complexity index is 1140. The molecule has 0 radical (unpaired) electrons. The third kappa shape index (κ3) is 5.43. The van der Waals surface area contributed by atoms with Crippen molar-refractivity contribution in [3.05, 3.63) is 47.2 Å². The highest BCUT2D eigenvalue weighted by molar-refractivity contribution is 6.03. The van der Waals surface area contributed by atoms with Crippen LogP contribution in [-0.2, 0) is 15.1 Å². The molecule has 0 bridgehead atoms. The third-order valence-electron chi connectivity index (χ3n) is 5.89. The number of amides is 2. The molecule has 1 unspecified atom stereocenters. The van der Waals surface area contributed by atoms with E-state index in [-0.39, 0.29) is 11.0 Å². The molecule has 1 aliphatic carbocycles. The van der Waals surface area contributed by atoms with Crippen LogP contribution in [-0.4, -0.2) is 21.6 Å². The summed E-state index contributed by atoms with van der Waals surface area (Å²) in [6.07, 6.45) is 3.77. The van der Waals surface area contributed by atoms with Gasteiger partial charge >= 0.3 is 0 Å². The number of rotatable bonds is 6. The van der Waals surface area contributed by atoms with E-state index in [0.717, 1.165) is 24.0 Å². The van der Waals surface area contributed by atoms with Crippen LogP contribution in [0.1, 0.15) is 70.9 Å². The third-order valence-corrected chi connectivity index (χ3v) is 5.89. The number of hydrogen-bond donors (Lipinski definition) is 3. The van der Waals surface area contributed by atoms with E-state index in [1.807, 2.05) is 32.9 Å². The second kappa shape index (κ2) is 8.74. The van der Waals surface area contributed by atoms with Gasteiger partial charge in [0.15, 0.2) is 0 Å². The van der Waals surface area contributed by atoms with Gasteiger partial charge in [0.2, 0.25) is 5.91 Å². The Labute approximate surface area is 194 Å². The molecule has 1 aliphatic rings. The van der Waals surface area contributed by atoms with Gasteiger partial charge in [0.25, 0.3) is 5.91 Å². The van der Waals surface area contributed by atoms with Crippen molar-refractivity contribution in [2.75, 3.05) is 5.73 Å². The predicted octanol–water partition coefficient (Wildman–Crippen LogP) is 3.54. The van der Waals surface area contributed by atoms with Crippen LogP contribution in [0.5, 0.6) is 0 Å². The van der Waals surface area contributed by atoms with Gasteiger partial charge < -0.3 is 11.5 Å². The molecular weight excluding hydrogens is 416 g/mol. The number of carbonyl (C=O) groups is 2. The zero-order chi connectivity index (χ0) is 24.6. The minimum Gasteiger partial charge on any atom is -0.402 e. The second-order valence-corrected chi connectivity index (χ2v) is 10.3. The maximum atomic E-state index is 12.6. The predicted molar refractivity (Wildman–Crippen MR) is 128 cm³/mol. The molecule has 1 fully saturated rings. The Morgan fingerprint density at radius 2 is 1.91 bits per heavy atom. The number of nitrogens with zero attached hydrogens (tertiary/aromatic N) is 3. The van der Waals surface area contributed by atoms with Crippen LogP contribution < -0.4 is 16.8 Å². The number of nitriles is 1. The number of hydrogen-bond acceptors (Lipinski definition) is 6. The molecule has 0 spiro atoms. The van der Waals surface area contributed by atoms with Crippen LogP contribution in [0.2, 0.25) is 0 Å². The number of benzene rings is 1. The number of imide groups is 1. The smallest absolute Gasteiger partial charge is 0.252 e. The first kappa shape index (κ1) is 24.1. The summed E-state index contributed by atoms with van der Waals surface area (Å²) in [5, 5.41) is 16.6. The average Bonchev–Trinajstić information content (AvgIpc) is 3.36. The van der Waals surface area contributed by atoms with E-state index in [4.69, 9.17) is 11.5 Å². The first-order valence-corrected chi connectivity index (χ1v) is 11.0. The van der Waals surface area contributed by atoms with Crippen molar-refractivity contribution in [3.63, 3.8) is 0 Å². The molecule has 33 heavy (non-hydrogen) atoms. The van der Waals surface area contributed by atoms with Crippen LogP contribution in [0.25, 0.3) is 11.3 Å². The topological polar surface area (TPSA) is 140 Å². The lowest BCUT2D eigenvalue weighted by atomic mass is 9.90. The molecule has 1 aromatic carbocycles. The molecule has 5 N–H and O–H groups in total. The van der Waals surface area contributed by atoms with Gasteiger partial charge in [-0.3, -0.25) is 14.9 Å². The van der Waals surface area contributed by atoms with Crippen molar-refractivity contribution in [2.24, 2.45) is 11.1 Å². The first-order valence-electron chi connectivity index (χ1n) is 11.0. The monoisotopic (exact) mass is 448 g/mol. The van der Waals surface area contributed by atoms with Gasteiger partial charge in [-0.2, -0.15) is 10.4 Å². The highest BCUT2D eigenvalue weighted by atomic mass is 16.2. The van der Waals surface area contributed by atoms with Crippen molar-refractivity contribution < 1.29 is 9.59 Å². The van der Waals surface area contributed by atoms with E-state index < -0.39 is 17.7 Å². The summed E-state index contributed by atoms with van der Waals surface area (Å²) in [6, 6.07) is 9.37. The molecule has 2 amide bonds. The molecule has 8 nitrogen and oxygen atoms in total. The van der Waals surface area contributed by atoms with Gasteiger partial charge in [0, 0.05) is 17.3 Å². The molecule has 1 atom stereocenters. The van der Waals surface area contributed by atoms with Crippen LogP contribution >= 0.6 is 0 Å². The van der Waals surface area contributed by atoms with E-state index in [2.05, 4.69) is 23.4 Å². The van der Waals surface area contributed by atoms with Crippen molar-refractivity contribution in [3.8, 4) is 17.3 Å². The second-order valence-electron chi connectivity index (χ2n) is 10.3. The lowest BCUT2D eigenvalue weighted by molar-refractivity contribution is -0.128. The van der Waals surface area contributed by atoms with Crippen LogP contribution in [0, 0.1) is 16.7 Å². The maximum Gasteiger partial charge on any atom is 0.252 e. The molecule has 1 aromatic heterocycles. The summed E-state index contributed by atoms with van der Waals surface area (Å²) in [7, 11) is 0. The average molecular weight is 449 g/mol. The summed E-state index contributed by atoms with van der Waals surface area (Å²) < 4.78 is 1.75. The molecule has 174 valence electrons. The summed E-state index contributed by atoms with van der Waals surface area (Å²) in [5.74, 6) is -1.12. The fraction of sp³-hybridized carbons (Fsp3) is 0.440. The summed E-state index contributed by atoms with van der Waals surface area (Å²) in [5.41, 5.74) is 14.7. The Balaban J connectivity index is 1.73. The number of anilines is 1. The molecule has 0 saturated heterocycles. The Hall–Kier alpha value is -3.60. The van der Waals surface area contributed by atoms with Crippen molar-refractivity contribution in [1.82, 2.24) is 15.1 Å². The lowest BCUT2D eigenvalue weighted by Crippen LogP contribution is -2.33. The van der Waals surface area contributed by atoms with Gasteiger partial charge in [0.05, 0.1) is 11.5 Å². The fourth-order valence-corrected chi connectivity index (χ4v) is 3.73. The van der Waals surface area contributed by atoms with Crippen molar-refractivity contribution >= 4 is 17.6 Å². The maximum absolute atomic E-state index is 12.6. The van der Waals surface area contributed by atoms with Crippen molar-refractivity contribution in [1.29, 1.82) is 5.26 Å². The zero-order valence-electron chi connectivity index (χ0n) is 19.9. The van der Waals surface area contributed by atoms with E-state index in [1.54, 1.807) is 23.7 Å². The van der Waals surface area contributed by atoms with E-state index >= 15 is 0 Å². The number of carbonyl (C=O) groups excluding carboxylic acids is 2. The first-order chi connectivity index (χ1) is 15.3. The minimum absolute atomic E-state index is 0.0534. The van der Waals surface area contributed by atoms with E-state index in [9.17, 15) is 14.9 Å². The molecule has 0 aliphatic heterocycles. The molecule has 3 rings (SSSR count). The number of allylic oxidation sites excluding steroid dienone is 1. The number of aromatic nitrogens is 2. The Kier molecular flexibility index (Phi) is 6.37.